The molecule has 0 aromatic rings. The van der Waals surface area contributed by atoms with Crippen LogP contribution in [0.25, 0.3) is 0 Å². The van der Waals surface area contributed by atoms with Gasteiger partial charge >= 0.3 is 5.97 Å². The van der Waals surface area contributed by atoms with Crippen LogP contribution in [0.4, 0.5) is 0 Å². The fourth-order valence-corrected chi connectivity index (χ4v) is 2.34. The number of carbonyl (C=O) groups is 3. The third-order valence-corrected chi connectivity index (χ3v) is 3.50. The first kappa shape index (κ1) is 14.0. The standard InChI is InChI=1S/C11H17NO4S/c1-11(2)6-8(13)12(10(11)16)7(9(14)15)4-5-17-3/h7H,4-6H2,1-3H3,(H,14,15). The molecule has 1 atom stereocenters. The fourth-order valence-electron chi connectivity index (χ4n) is 1.89. The summed E-state index contributed by atoms with van der Waals surface area (Å²) in [6, 6.07) is -1.02. The number of carbonyl (C=O) groups excluding carboxylic acids is 2. The molecule has 0 aromatic heterocycles. The number of aliphatic carboxylic acids is 1. The highest BCUT2D eigenvalue weighted by Crippen LogP contribution is 2.33. The topological polar surface area (TPSA) is 74.7 Å². The molecule has 1 fully saturated rings. The van der Waals surface area contributed by atoms with Crippen LogP contribution < -0.4 is 0 Å². The van der Waals surface area contributed by atoms with Crippen molar-refractivity contribution in [2.75, 3.05) is 12.0 Å². The van der Waals surface area contributed by atoms with E-state index in [4.69, 9.17) is 5.11 Å². The Balaban J connectivity index is 2.91. The fraction of sp³-hybridized carbons (Fsp3) is 0.727. The molecule has 1 aliphatic rings. The molecule has 17 heavy (non-hydrogen) atoms. The maximum Gasteiger partial charge on any atom is 0.326 e. The van der Waals surface area contributed by atoms with E-state index in [1.807, 2.05) is 6.26 Å². The summed E-state index contributed by atoms with van der Waals surface area (Å²) in [6.45, 7) is 3.33. The van der Waals surface area contributed by atoms with Gasteiger partial charge in [0.25, 0.3) is 0 Å². The van der Waals surface area contributed by atoms with Gasteiger partial charge in [-0.1, -0.05) is 13.8 Å². The van der Waals surface area contributed by atoms with Gasteiger partial charge in [-0.25, -0.2) is 4.79 Å². The van der Waals surface area contributed by atoms with Crippen molar-refractivity contribution < 1.29 is 19.5 Å². The summed E-state index contributed by atoms with van der Waals surface area (Å²) < 4.78 is 0. The van der Waals surface area contributed by atoms with E-state index in [0.29, 0.717) is 12.2 Å². The largest absolute Gasteiger partial charge is 0.480 e. The molecular formula is C11H17NO4S. The Kier molecular flexibility index (Phi) is 4.19. The van der Waals surface area contributed by atoms with Gasteiger partial charge in [0.2, 0.25) is 11.8 Å². The summed E-state index contributed by atoms with van der Waals surface area (Å²) in [6.07, 6.45) is 2.25. The number of likely N-dealkylation sites (tertiary alicyclic amines) is 1. The molecule has 1 aliphatic heterocycles. The molecular weight excluding hydrogens is 242 g/mol. The molecule has 1 N–H and O–H groups in total. The van der Waals surface area contributed by atoms with Gasteiger partial charge in [-0.2, -0.15) is 11.8 Å². The Morgan fingerprint density at radius 1 is 1.53 bits per heavy atom. The Hall–Kier alpha value is -1.04. The number of rotatable bonds is 5. The van der Waals surface area contributed by atoms with E-state index >= 15 is 0 Å². The molecule has 0 saturated carbocycles. The van der Waals surface area contributed by atoms with Crippen LogP contribution >= 0.6 is 11.8 Å². The van der Waals surface area contributed by atoms with E-state index in [1.165, 1.54) is 11.8 Å². The van der Waals surface area contributed by atoms with Crippen molar-refractivity contribution in [3.63, 3.8) is 0 Å². The third kappa shape index (κ3) is 2.80. The van der Waals surface area contributed by atoms with Gasteiger partial charge in [-0.15, -0.1) is 0 Å². The maximum atomic E-state index is 12.0. The van der Waals surface area contributed by atoms with Crippen LogP contribution in [0.15, 0.2) is 0 Å². The van der Waals surface area contributed by atoms with Crippen LogP contribution in [0, 0.1) is 5.41 Å². The van der Waals surface area contributed by atoms with Gasteiger partial charge < -0.3 is 5.11 Å². The number of amides is 2. The van der Waals surface area contributed by atoms with Crippen LogP contribution in [-0.4, -0.2) is 45.8 Å². The zero-order valence-corrected chi connectivity index (χ0v) is 11.0. The lowest BCUT2D eigenvalue weighted by atomic mass is 9.92. The molecule has 0 spiro atoms. The summed E-state index contributed by atoms with van der Waals surface area (Å²) in [4.78, 5) is 35.8. The minimum absolute atomic E-state index is 0.0921. The van der Waals surface area contributed by atoms with E-state index in [0.717, 1.165) is 4.90 Å². The Bertz CT molecular complexity index is 353. The minimum Gasteiger partial charge on any atom is -0.480 e. The lowest BCUT2D eigenvalue weighted by molar-refractivity contribution is -0.155. The van der Waals surface area contributed by atoms with Crippen LogP contribution in [-0.2, 0) is 14.4 Å². The number of carboxylic acid groups (broad SMARTS) is 1. The number of thioether (sulfide) groups is 1. The summed E-state index contributed by atoms with van der Waals surface area (Å²) in [7, 11) is 0. The molecule has 1 heterocycles. The number of nitrogens with zero attached hydrogens (tertiary/aromatic N) is 1. The van der Waals surface area contributed by atoms with Crippen molar-refractivity contribution in [3.8, 4) is 0 Å². The molecule has 2 amide bonds. The SMILES string of the molecule is CSCCC(C(=O)O)N1C(=O)CC(C)(C)C1=O. The lowest BCUT2D eigenvalue weighted by Crippen LogP contribution is -2.46. The van der Waals surface area contributed by atoms with Crippen molar-refractivity contribution in [1.82, 2.24) is 4.90 Å². The Morgan fingerprint density at radius 3 is 2.47 bits per heavy atom. The van der Waals surface area contributed by atoms with Crippen molar-refractivity contribution in [2.45, 2.75) is 32.7 Å². The van der Waals surface area contributed by atoms with Crippen molar-refractivity contribution >= 4 is 29.5 Å². The predicted molar refractivity (Wildman–Crippen MR) is 64.7 cm³/mol. The smallest absolute Gasteiger partial charge is 0.326 e. The zero-order chi connectivity index (χ0) is 13.2. The maximum absolute atomic E-state index is 12.0. The molecule has 0 aromatic carbocycles. The number of hydrogen-bond donors (Lipinski definition) is 1. The highest BCUT2D eigenvalue weighted by molar-refractivity contribution is 7.98. The summed E-state index contributed by atoms with van der Waals surface area (Å²) in [5.41, 5.74) is -0.774. The van der Waals surface area contributed by atoms with E-state index in [2.05, 4.69) is 0 Å². The average Bonchev–Trinajstić information content (AvgIpc) is 2.40. The molecule has 0 bridgehead atoms. The molecule has 5 nitrogen and oxygen atoms in total. The minimum atomic E-state index is -1.11. The van der Waals surface area contributed by atoms with E-state index in [-0.39, 0.29) is 18.2 Å². The Labute approximate surface area is 105 Å². The zero-order valence-electron chi connectivity index (χ0n) is 10.2. The second-order valence-electron chi connectivity index (χ2n) is 4.77. The highest BCUT2D eigenvalue weighted by atomic mass is 32.2. The second kappa shape index (κ2) is 5.08. The number of carboxylic acids is 1. The van der Waals surface area contributed by atoms with Crippen LogP contribution in [0.2, 0.25) is 0 Å². The van der Waals surface area contributed by atoms with Crippen molar-refractivity contribution in [1.29, 1.82) is 0 Å². The number of imide groups is 1. The molecule has 1 saturated heterocycles. The average molecular weight is 259 g/mol. The van der Waals surface area contributed by atoms with Gasteiger partial charge in [0, 0.05) is 6.42 Å². The highest BCUT2D eigenvalue weighted by Gasteiger charge is 2.49. The normalized spacial score (nSPS) is 20.8. The summed E-state index contributed by atoms with van der Waals surface area (Å²) >= 11 is 1.50. The summed E-state index contributed by atoms with van der Waals surface area (Å²) in [5, 5.41) is 9.11. The Morgan fingerprint density at radius 2 is 2.12 bits per heavy atom. The first-order valence-electron chi connectivity index (χ1n) is 5.39. The molecule has 96 valence electrons. The van der Waals surface area contributed by atoms with Gasteiger partial charge in [-0.3, -0.25) is 14.5 Å². The molecule has 0 aliphatic carbocycles. The first-order valence-corrected chi connectivity index (χ1v) is 6.79. The monoisotopic (exact) mass is 259 g/mol. The van der Waals surface area contributed by atoms with Gasteiger partial charge in [0.1, 0.15) is 6.04 Å². The summed E-state index contributed by atoms with van der Waals surface area (Å²) in [5.74, 6) is -1.27. The van der Waals surface area contributed by atoms with Crippen LogP contribution in [0.5, 0.6) is 0 Å². The van der Waals surface area contributed by atoms with E-state index in [9.17, 15) is 14.4 Å². The van der Waals surface area contributed by atoms with Crippen LogP contribution in [0.1, 0.15) is 26.7 Å². The van der Waals surface area contributed by atoms with E-state index in [1.54, 1.807) is 13.8 Å². The molecule has 1 rings (SSSR count). The quantitative estimate of drug-likeness (QED) is 0.745. The molecule has 0 radical (unpaired) electrons. The van der Waals surface area contributed by atoms with Gasteiger partial charge in [0.15, 0.2) is 0 Å². The van der Waals surface area contributed by atoms with Crippen molar-refractivity contribution in [3.05, 3.63) is 0 Å². The van der Waals surface area contributed by atoms with E-state index < -0.39 is 17.4 Å². The van der Waals surface area contributed by atoms with Crippen molar-refractivity contribution in [2.24, 2.45) is 5.41 Å². The predicted octanol–water partition coefficient (Wildman–Crippen LogP) is 0.978. The molecule has 1 unspecified atom stereocenters. The van der Waals surface area contributed by atoms with Gasteiger partial charge in [-0.05, 0) is 18.4 Å². The second-order valence-corrected chi connectivity index (χ2v) is 5.75. The van der Waals surface area contributed by atoms with Gasteiger partial charge in [0.05, 0.1) is 5.41 Å². The lowest BCUT2D eigenvalue weighted by Gasteiger charge is -2.24. The number of hydrogen-bond acceptors (Lipinski definition) is 4. The van der Waals surface area contributed by atoms with Crippen LogP contribution in [0.3, 0.4) is 0 Å². The first-order chi connectivity index (χ1) is 7.81. The third-order valence-electron chi connectivity index (χ3n) is 2.85. The molecule has 6 heteroatoms.